The lowest BCUT2D eigenvalue weighted by Gasteiger charge is -2.32. The van der Waals surface area contributed by atoms with Gasteiger partial charge in [0.05, 0.1) is 41.3 Å². The summed E-state index contributed by atoms with van der Waals surface area (Å²) in [5.41, 5.74) is -10.1. The number of hydrogen-bond acceptors (Lipinski definition) is 4. The van der Waals surface area contributed by atoms with Crippen molar-refractivity contribution in [2.24, 2.45) is 0 Å². The molecule has 4 aromatic rings. The number of halogens is 18. The van der Waals surface area contributed by atoms with E-state index in [1.165, 1.54) is 0 Å². The fourth-order valence-corrected chi connectivity index (χ4v) is 9.37. The van der Waals surface area contributed by atoms with Gasteiger partial charge in [-0.2, -0.15) is 52.7 Å². The molecule has 2 unspecified atom stereocenters. The van der Waals surface area contributed by atoms with Crippen LogP contribution in [0.15, 0.2) is 60.7 Å². The third kappa shape index (κ3) is 11.6. The number of rotatable bonds is 12. The van der Waals surface area contributed by atoms with Crippen molar-refractivity contribution in [2.75, 3.05) is 22.9 Å². The van der Waals surface area contributed by atoms with Gasteiger partial charge in [-0.25, -0.2) is 0 Å². The fourth-order valence-electron chi connectivity index (χ4n) is 8.17. The van der Waals surface area contributed by atoms with Crippen molar-refractivity contribution in [3.8, 4) is 0 Å². The van der Waals surface area contributed by atoms with E-state index in [0.717, 1.165) is 48.5 Å². The van der Waals surface area contributed by atoms with Crippen LogP contribution in [0.2, 0.25) is 30.1 Å². The normalized spacial score (nSPS) is 18.9. The van der Waals surface area contributed by atoms with E-state index >= 15 is 0 Å². The molecule has 0 aliphatic carbocycles. The van der Waals surface area contributed by atoms with Gasteiger partial charge in [-0.1, -0.05) is 95.6 Å². The Hall–Kier alpha value is -3.94. The Labute approximate surface area is 422 Å². The molecule has 0 radical (unpaired) electrons. The lowest BCUT2D eigenvalue weighted by atomic mass is 9.78. The van der Waals surface area contributed by atoms with Crippen LogP contribution in [0.5, 0.6) is 0 Å². The van der Waals surface area contributed by atoms with Gasteiger partial charge in [-0.3, -0.25) is 19.2 Å². The predicted octanol–water partition coefficient (Wildman–Crippen LogP) is 15.6. The maximum Gasteiger partial charge on any atom is 0.416 e. The maximum atomic E-state index is 14.4. The molecule has 0 aromatic heterocycles. The largest absolute Gasteiger partial charge is 0.416 e. The van der Waals surface area contributed by atoms with E-state index in [-0.39, 0.29) is 103 Å². The lowest BCUT2D eigenvalue weighted by molar-refractivity contribution is -0.190. The van der Waals surface area contributed by atoms with E-state index in [9.17, 15) is 71.9 Å². The van der Waals surface area contributed by atoms with Crippen molar-refractivity contribution in [1.29, 1.82) is 0 Å². The number of Topliss-reactive ketones (excluding diaryl/α,β-unsaturated/α-hetero) is 2. The average molecular weight is 1120 g/mol. The summed E-state index contributed by atoms with van der Waals surface area (Å²) < 4.78 is 169. The van der Waals surface area contributed by atoms with Gasteiger partial charge >= 0.3 is 24.7 Å². The number of ketones is 2. The Morgan fingerprint density at radius 2 is 0.971 bits per heavy atom. The molecule has 6 rings (SSSR count). The number of aryl methyl sites for hydroxylation is 2. The first-order valence-corrected chi connectivity index (χ1v) is 23.0. The zero-order chi connectivity index (χ0) is 52.7. The number of amides is 2. The van der Waals surface area contributed by atoms with Gasteiger partial charge < -0.3 is 9.80 Å². The second-order valence-electron chi connectivity index (χ2n) is 16.3. The highest BCUT2D eigenvalue weighted by Crippen LogP contribution is 2.53. The van der Waals surface area contributed by atoms with E-state index in [1.54, 1.807) is 13.8 Å². The first-order valence-electron chi connectivity index (χ1n) is 20.7. The minimum absolute atomic E-state index is 0.114. The molecule has 2 heterocycles. The molecule has 2 saturated heterocycles. The molecular formula is C46H36Cl6F12N2O4. The van der Waals surface area contributed by atoms with Crippen LogP contribution >= 0.6 is 69.6 Å². The second kappa shape index (κ2) is 21.3. The van der Waals surface area contributed by atoms with Crippen LogP contribution < -0.4 is 9.80 Å². The lowest BCUT2D eigenvalue weighted by Crippen LogP contribution is -2.49. The van der Waals surface area contributed by atoms with Gasteiger partial charge in [0.1, 0.15) is 17.0 Å². The Balaban J connectivity index is 0.000000261. The Bertz CT molecular complexity index is 2570. The number of anilines is 2. The maximum absolute atomic E-state index is 14.4. The molecule has 0 bridgehead atoms. The minimum Gasteiger partial charge on any atom is -0.311 e. The van der Waals surface area contributed by atoms with Crippen molar-refractivity contribution in [1.82, 2.24) is 0 Å². The highest BCUT2D eigenvalue weighted by Gasteiger charge is 2.66. The molecular weight excluding hydrogens is 1090 g/mol. The van der Waals surface area contributed by atoms with Crippen LogP contribution in [-0.4, -0.2) is 48.8 Å². The third-order valence-corrected chi connectivity index (χ3v) is 14.5. The average Bonchev–Trinajstić information content (AvgIpc) is 3.83. The van der Waals surface area contributed by atoms with E-state index in [1.807, 2.05) is 0 Å². The summed E-state index contributed by atoms with van der Waals surface area (Å²) in [7, 11) is 0. The predicted molar refractivity (Wildman–Crippen MR) is 242 cm³/mol. The molecule has 380 valence electrons. The number of hydrogen-bond donors (Lipinski definition) is 0. The Kier molecular flexibility index (Phi) is 17.3. The molecule has 2 aliphatic heterocycles. The molecule has 2 fully saturated rings. The molecule has 2 atom stereocenters. The summed E-state index contributed by atoms with van der Waals surface area (Å²) >= 11 is 35.3. The van der Waals surface area contributed by atoms with Gasteiger partial charge in [0.2, 0.25) is 11.8 Å². The van der Waals surface area contributed by atoms with Gasteiger partial charge in [-0.05, 0) is 90.0 Å². The first kappa shape index (κ1) is 57.0. The summed E-state index contributed by atoms with van der Waals surface area (Å²) in [5, 5.41) is -1.46. The van der Waals surface area contributed by atoms with Crippen LogP contribution in [0, 0.1) is 0 Å². The van der Waals surface area contributed by atoms with Crippen LogP contribution in [0.3, 0.4) is 0 Å². The number of alkyl halides is 12. The van der Waals surface area contributed by atoms with Crippen molar-refractivity contribution in [3.63, 3.8) is 0 Å². The highest BCUT2D eigenvalue weighted by molar-refractivity contribution is 6.48. The number of carbonyl (C=O) groups excluding carboxylic acids is 4. The first-order chi connectivity index (χ1) is 32.2. The molecule has 2 amide bonds. The smallest absolute Gasteiger partial charge is 0.311 e. The van der Waals surface area contributed by atoms with Crippen molar-refractivity contribution in [2.45, 2.75) is 101 Å². The summed E-state index contributed by atoms with van der Waals surface area (Å²) in [4.78, 5) is 50.5. The summed E-state index contributed by atoms with van der Waals surface area (Å²) in [6, 6.07) is 9.41. The summed E-state index contributed by atoms with van der Waals surface area (Å²) in [5.74, 6) is -2.94. The topological polar surface area (TPSA) is 74.8 Å². The number of nitrogens with zero attached hydrogens (tertiary/aromatic N) is 2. The van der Waals surface area contributed by atoms with Crippen molar-refractivity contribution in [3.05, 3.63) is 124 Å². The molecule has 0 N–H and O–H groups in total. The molecule has 70 heavy (non-hydrogen) atoms. The minimum atomic E-state index is -5.10. The third-order valence-electron chi connectivity index (χ3n) is 12.1. The monoisotopic (exact) mass is 1120 g/mol. The molecule has 24 heteroatoms. The summed E-state index contributed by atoms with van der Waals surface area (Å²) in [6.45, 7) is 1.70. The molecule has 2 aliphatic rings. The van der Waals surface area contributed by atoms with E-state index in [2.05, 4.69) is 0 Å². The van der Waals surface area contributed by atoms with Crippen molar-refractivity contribution < 1.29 is 71.9 Å². The zero-order valence-electron chi connectivity index (χ0n) is 36.2. The van der Waals surface area contributed by atoms with E-state index in [4.69, 9.17) is 69.6 Å². The fraction of sp³-hybridized carbons (Fsp3) is 0.391. The SMILES string of the molecule is CCC(=O)CCc1ccc(N2CC(c3cc(Cl)c(Cl)c(Cl)c3)(C(F)(F)F)CC2=O)cc1C(F)(F)F.CCC(=O)CCc1ccc(N2CCC(c3cc(Cl)c(Cl)c(Cl)c3)(C(F)(F)F)C2=O)cc1C(F)(F)F. The zero-order valence-corrected chi connectivity index (χ0v) is 40.7. The Morgan fingerprint density at radius 1 is 0.571 bits per heavy atom. The number of benzene rings is 4. The standard InChI is InChI=1S/2C23H18Cl3F6NO2/c1-2-15(34)6-4-12-3-5-14(9-16(12)22(27,28)29)33-11-21(10-19(33)35,23(30,31)32)13-7-17(24)20(26)18(25)8-13;1-2-15(34)6-4-12-3-5-14(11-16(12)22(27,28)29)33-8-7-21(20(33)35,23(30,31)32)13-9-17(24)19(26)18(25)10-13/h3,5,7-9H,2,4,6,10-11H2,1H3;3,5,9-11H,2,4,6-8H2,1H3. The molecule has 6 nitrogen and oxygen atoms in total. The highest BCUT2D eigenvalue weighted by atomic mass is 35.5. The van der Waals surface area contributed by atoms with Crippen LogP contribution in [0.25, 0.3) is 0 Å². The van der Waals surface area contributed by atoms with Crippen LogP contribution in [0.1, 0.15) is 85.8 Å². The molecule has 0 spiro atoms. The Morgan fingerprint density at radius 3 is 1.34 bits per heavy atom. The van der Waals surface area contributed by atoms with E-state index in [0.29, 0.717) is 21.9 Å². The molecule has 4 aromatic carbocycles. The van der Waals surface area contributed by atoms with Gasteiger partial charge in [0, 0.05) is 56.6 Å². The number of carbonyl (C=O) groups is 4. The van der Waals surface area contributed by atoms with E-state index < -0.39 is 95.5 Å². The van der Waals surface area contributed by atoms with Gasteiger partial charge in [-0.15, -0.1) is 0 Å². The second-order valence-corrected chi connectivity index (χ2v) is 18.7. The molecule has 0 saturated carbocycles. The van der Waals surface area contributed by atoms with Gasteiger partial charge in [0.25, 0.3) is 0 Å². The summed E-state index contributed by atoms with van der Waals surface area (Å²) in [6.07, 6.45) is -21.9. The van der Waals surface area contributed by atoms with Crippen molar-refractivity contribution >= 4 is 104 Å². The van der Waals surface area contributed by atoms with Gasteiger partial charge in [0.15, 0.2) is 5.41 Å². The van der Waals surface area contributed by atoms with Crippen LogP contribution in [0.4, 0.5) is 64.1 Å². The quantitative estimate of drug-likeness (QED) is 0.105. The van der Waals surface area contributed by atoms with Crippen LogP contribution in [-0.2, 0) is 55.2 Å².